The lowest BCUT2D eigenvalue weighted by atomic mass is 10.1. The van der Waals surface area contributed by atoms with Gasteiger partial charge in [0.05, 0.1) is 6.54 Å². The molecule has 1 heterocycles. The number of amides is 1. The van der Waals surface area contributed by atoms with Crippen molar-refractivity contribution in [1.82, 2.24) is 25.7 Å². The van der Waals surface area contributed by atoms with Gasteiger partial charge in [0.15, 0.2) is 11.7 Å². The Labute approximate surface area is 190 Å². The predicted molar refractivity (Wildman–Crippen MR) is 120 cm³/mol. The Kier molecular flexibility index (Phi) is 10.1. The van der Waals surface area contributed by atoms with Crippen LogP contribution in [0.3, 0.4) is 0 Å². The number of nitrogens with one attached hydrogen (secondary N) is 3. The minimum Gasteiger partial charge on any atom is -0.357 e. The van der Waals surface area contributed by atoms with E-state index in [1.807, 2.05) is 13.0 Å². The Hall–Kier alpha value is -2.31. The first-order chi connectivity index (χ1) is 13.7. The third kappa shape index (κ3) is 7.50. The molecule has 0 saturated heterocycles. The molecule has 30 heavy (non-hydrogen) atoms. The van der Waals surface area contributed by atoms with E-state index in [4.69, 9.17) is 0 Å². The second-order valence-corrected chi connectivity index (χ2v) is 6.33. The third-order valence-electron chi connectivity index (χ3n) is 4.05. The minimum absolute atomic E-state index is 0. The number of benzene rings is 1. The highest BCUT2D eigenvalue weighted by Gasteiger charge is 2.36. The van der Waals surface area contributed by atoms with Crippen LogP contribution >= 0.6 is 24.0 Å². The van der Waals surface area contributed by atoms with E-state index in [0.29, 0.717) is 31.0 Å². The monoisotopic (exact) mass is 538 g/mol. The van der Waals surface area contributed by atoms with E-state index in [9.17, 15) is 18.0 Å². The number of carbonyl (C=O) groups is 1. The van der Waals surface area contributed by atoms with Gasteiger partial charge in [0.2, 0.25) is 0 Å². The molecule has 0 aliphatic carbocycles. The van der Waals surface area contributed by atoms with Gasteiger partial charge < -0.3 is 16.0 Å². The Bertz CT molecular complexity index is 866. The SMILES string of the molecule is CCNC(=NCc1cn(C)nc1C(F)(F)F)NCCc1cccc(C(=O)NC)c1.I. The highest BCUT2D eigenvalue weighted by molar-refractivity contribution is 14.0. The number of aryl methyl sites for hydroxylation is 1. The fourth-order valence-corrected chi connectivity index (χ4v) is 2.74. The van der Waals surface area contributed by atoms with E-state index in [0.717, 1.165) is 10.2 Å². The number of halogens is 4. The topological polar surface area (TPSA) is 83.3 Å². The molecule has 0 radical (unpaired) electrons. The number of carbonyl (C=O) groups excluding carboxylic acids is 1. The number of hydrogen-bond acceptors (Lipinski definition) is 3. The van der Waals surface area contributed by atoms with Crippen molar-refractivity contribution in [3.05, 3.63) is 52.8 Å². The minimum atomic E-state index is -4.52. The Balaban J connectivity index is 0.00000450. The van der Waals surface area contributed by atoms with E-state index >= 15 is 0 Å². The van der Waals surface area contributed by atoms with Crippen molar-refractivity contribution in [2.45, 2.75) is 26.1 Å². The van der Waals surface area contributed by atoms with E-state index < -0.39 is 11.9 Å². The molecule has 2 rings (SSSR count). The molecule has 2 aromatic rings. The highest BCUT2D eigenvalue weighted by atomic mass is 127. The van der Waals surface area contributed by atoms with E-state index in [1.54, 1.807) is 25.2 Å². The molecule has 1 aromatic carbocycles. The number of hydrogen-bond donors (Lipinski definition) is 3. The molecule has 0 aliphatic heterocycles. The molecule has 0 unspecified atom stereocenters. The van der Waals surface area contributed by atoms with Crippen LogP contribution in [-0.2, 0) is 26.2 Å². The van der Waals surface area contributed by atoms with Crippen LogP contribution in [0.2, 0.25) is 0 Å². The van der Waals surface area contributed by atoms with Crippen molar-refractivity contribution >= 4 is 35.8 Å². The number of nitrogens with zero attached hydrogens (tertiary/aromatic N) is 3. The van der Waals surface area contributed by atoms with Gasteiger partial charge in [-0.2, -0.15) is 18.3 Å². The summed E-state index contributed by atoms with van der Waals surface area (Å²) in [5, 5.41) is 12.2. The lowest BCUT2D eigenvalue weighted by Crippen LogP contribution is -2.38. The molecule has 1 aromatic heterocycles. The summed E-state index contributed by atoms with van der Waals surface area (Å²) in [7, 11) is 3.01. The van der Waals surface area contributed by atoms with Crippen molar-refractivity contribution in [3.63, 3.8) is 0 Å². The summed E-state index contributed by atoms with van der Waals surface area (Å²) < 4.78 is 40.3. The molecule has 3 N–H and O–H groups in total. The van der Waals surface area contributed by atoms with Crippen molar-refractivity contribution in [2.75, 3.05) is 20.1 Å². The quantitative estimate of drug-likeness (QED) is 0.288. The maximum Gasteiger partial charge on any atom is 0.435 e. The van der Waals surface area contributed by atoms with Gasteiger partial charge in [0, 0.05) is 44.5 Å². The van der Waals surface area contributed by atoms with Gasteiger partial charge in [-0.25, -0.2) is 4.99 Å². The van der Waals surface area contributed by atoms with Gasteiger partial charge in [0.25, 0.3) is 5.91 Å². The van der Waals surface area contributed by atoms with Crippen LogP contribution in [0.25, 0.3) is 0 Å². The first-order valence-corrected chi connectivity index (χ1v) is 9.17. The fraction of sp³-hybridized carbons (Fsp3) is 0.421. The second-order valence-electron chi connectivity index (χ2n) is 6.33. The van der Waals surface area contributed by atoms with Gasteiger partial charge in [-0.1, -0.05) is 12.1 Å². The summed E-state index contributed by atoms with van der Waals surface area (Å²) in [6, 6.07) is 7.24. The predicted octanol–water partition coefficient (Wildman–Crippen LogP) is 2.71. The smallest absolute Gasteiger partial charge is 0.357 e. The summed E-state index contributed by atoms with van der Waals surface area (Å²) in [6.07, 6.45) is -2.58. The molecule has 166 valence electrons. The van der Waals surface area contributed by atoms with Crippen LogP contribution in [-0.4, -0.2) is 41.8 Å². The third-order valence-corrected chi connectivity index (χ3v) is 4.05. The second kappa shape index (κ2) is 11.8. The number of aliphatic imine (C=N–C) groups is 1. The maximum absolute atomic E-state index is 13.1. The van der Waals surface area contributed by atoms with Crippen molar-refractivity contribution in [1.29, 1.82) is 0 Å². The van der Waals surface area contributed by atoms with Gasteiger partial charge in [-0.15, -0.1) is 24.0 Å². The molecule has 0 bridgehead atoms. The zero-order chi connectivity index (χ0) is 21.4. The Morgan fingerprint density at radius 3 is 2.63 bits per heavy atom. The normalized spacial score (nSPS) is 11.6. The molecule has 0 fully saturated rings. The molecule has 0 atom stereocenters. The van der Waals surface area contributed by atoms with Crippen LogP contribution in [0, 0.1) is 0 Å². The Morgan fingerprint density at radius 2 is 2.00 bits per heavy atom. The molecule has 1 amide bonds. The number of guanidine groups is 1. The maximum atomic E-state index is 13.1. The van der Waals surface area contributed by atoms with E-state index in [-0.39, 0.29) is 42.0 Å². The molecule has 7 nitrogen and oxygen atoms in total. The fourth-order valence-electron chi connectivity index (χ4n) is 2.74. The molecule has 0 aliphatic rings. The summed E-state index contributed by atoms with van der Waals surface area (Å²) in [5.41, 5.74) is 0.615. The summed E-state index contributed by atoms with van der Waals surface area (Å²) in [6.45, 7) is 2.79. The number of alkyl halides is 3. The van der Waals surface area contributed by atoms with Gasteiger partial charge >= 0.3 is 6.18 Å². The number of aromatic nitrogens is 2. The van der Waals surface area contributed by atoms with E-state index in [1.165, 1.54) is 13.2 Å². The van der Waals surface area contributed by atoms with Crippen LogP contribution in [0.15, 0.2) is 35.5 Å². The van der Waals surface area contributed by atoms with Crippen molar-refractivity contribution in [2.24, 2.45) is 12.0 Å². The van der Waals surface area contributed by atoms with Crippen molar-refractivity contribution < 1.29 is 18.0 Å². The lowest BCUT2D eigenvalue weighted by molar-refractivity contribution is -0.142. The lowest BCUT2D eigenvalue weighted by Gasteiger charge is -2.12. The van der Waals surface area contributed by atoms with Gasteiger partial charge in [-0.3, -0.25) is 9.48 Å². The molecular formula is C19H26F3IN6O. The average Bonchev–Trinajstić information content (AvgIpc) is 3.07. The Morgan fingerprint density at radius 1 is 1.27 bits per heavy atom. The first-order valence-electron chi connectivity index (χ1n) is 9.17. The van der Waals surface area contributed by atoms with Crippen molar-refractivity contribution in [3.8, 4) is 0 Å². The van der Waals surface area contributed by atoms with Crippen LogP contribution < -0.4 is 16.0 Å². The van der Waals surface area contributed by atoms with Crippen LogP contribution in [0.1, 0.15) is 34.1 Å². The zero-order valence-corrected chi connectivity index (χ0v) is 19.3. The highest BCUT2D eigenvalue weighted by Crippen LogP contribution is 2.30. The molecular weight excluding hydrogens is 512 g/mol. The van der Waals surface area contributed by atoms with Crippen LogP contribution in [0.5, 0.6) is 0 Å². The average molecular weight is 538 g/mol. The van der Waals surface area contributed by atoms with E-state index in [2.05, 4.69) is 26.0 Å². The largest absolute Gasteiger partial charge is 0.435 e. The molecule has 0 spiro atoms. The van der Waals surface area contributed by atoms with Gasteiger partial charge in [-0.05, 0) is 31.0 Å². The summed E-state index contributed by atoms with van der Waals surface area (Å²) >= 11 is 0. The summed E-state index contributed by atoms with van der Waals surface area (Å²) in [4.78, 5) is 15.9. The van der Waals surface area contributed by atoms with Gasteiger partial charge in [0.1, 0.15) is 0 Å². The number of rotatable bonds is 7. The van der Waals surface area contributed by atoms with Crippen LogP contribution in [0.4, 0.5) is 13.2 Å². The zero-order valence-electron chi connectivity index (χ0n) is 17.0. The summed E-state index contributed by atoms with van der Waals surface area (Å²) in [5.74, 6) is 0.249. The molecule has 0 saturated carbocycles. The first kappa shape index (κ1) is 25.7. The standard InChI is InChI=1S/C19H25F3N6O.HI/c1-4-24-18(26-11-15-12-28(3)27-16(15)19(20,21)22)25-9-8-13-6-5-7-14(10-13)17(29)23-2;/h5-7,10,12H,4,8-9,11H2,1-3H3,(H,23,29)(H2,24,25,26);1H. The molecule has 11 heteroatoms.